The van der Waals surface area contributed by atoms with Gasteiger partial charge in [-0.3, -0.25) is 0 Å². The zero-order valence-corrected chi connectivity index (χ0v) is 21.3. The Kier molecular flexibility index (Phi) is 5.71. The van der Waals surface area contributed by atoms with Gasteiger partial charge in [0.2, 0.25) is 0 Å². The lowest BCUT2D eigenvalue weighted by Crippen LogP contribution is -2.53. The van der Waals surface area contributed by atoms with E-state index in [-0.39, 0.29) is 11.5 Å². The van der Waals surface area contributed by atoms with E-state index in [9.17, 15) is 10.2 Å². The molecule has 0 aromatic carbocycles. The molecule has 0 aromatic rings. The fraction of sp³-hybridized carbons (Fsp3) is 0.931. The molecule has 0 aromatic heterocycles. The molecule has 2 unspecified atom stereocenters. The van der Waals surface area contributed by atoms with Gasteiger partial charge in [-0.1, -0.05) is 46.3 Å². The van der Waals surface area contributed by atoms with Crippen molar-refractivity contribution in [3.05, 3.63) is 11.6 Å². The average molecular weight is 445 g/mol. The lowest BCUT2D eigenvalue weighted by Gasteiger charge is -2.59. The molecule has 3 heteroatoms. The molecule has 0 spiro atoms. The molecule has 3 saturated carbocycles. The first-order valence-corrected chi connectivity index (χ1v) is 13.7. The van der Waals surface area contributed by atoms with Crippen LogP contribution < -0.4 is 0 Å². The summed E-state index contributed by atoms with van der Waals surface area (Å²) in [5.74, 6) is 3.39. The van der Waals surface area contributed by atoms with E-state index in [4.69, 9.17) is 4.74 Å². The molecule has 0 radical (unpaired) electrons. The minimum absolute atomic E-state index is 0.185. The molecule has 1 aliphatic heterocycles. The maximum absolute atomic E-state index is 11.2. The second-order valence-electron chi connectivity index (χ2n) is 13.7. The monoisotopic (exact) mass is 444 g/mol. The predicted molar refractivity (Wildman–Crippen MR) is 129 cm³/mol. The Morgan fingerprint density at radius 1 is 1.06 bits per heavy atom. The summed E-state index contributed by atoms with van der Waals surface area (Å²) in [6.07, 6.45) is 13.7. The summed E-state index contributed by atoms with van der Waals surface area (Å²) >= 11 is 0. The molecule has 1 heterocycles. The summed E-state index contributed by atoms with van der Waals surface area (Å²) in [6, 6.07) is 0. The average Bonchev–Trinajstić information content (AvgIpc) is 3.09. The van der Waals surface area contributed by atoms with E-state index in [1.165, 1.54) is 32.1 Å². The van der Waals surface area contributed by atoms with Gasteiger partial charge in [0.15, 0.2) is 0 Å². The first-order chi connectivity index (χ1) is 15.0. The van der Waals surface area contributed by atoms with Crippen molar-refractivity contribution < 1.29 is 14.9 Å². The molecule has 32 heavy (non-hydrogen) atoms. The topological polar surface area (TPSA) is 49.7 Å². The van der Waals surface area contributed by atoms with Crippen molar-refractivity contribution in [1.82, 2.24) is 0 Å². The molecule has 4 aliphatic carbocycles. The van der Waals surface area contributed by atoms with Crippen molar-refractivity contribution in [1.29, 1.82) is 0 Å². The third kappa shape index (κ3) is 3.47. The van der Waals surface area contributed by atoms with Gasteiger partial charge in [-0.2, -0.15) is 0 Å². The van der Waals surface area contributed by atoms with Crippen LogP contribution in [0.25, 0.3) is 0 Å². The molecular formula is C29H48O3. The van der Waals surface area contributed by atoms with E-state index in [1.807, 2.05) is 0 Å². The Morgan fingerprint density at radius 3 is 2.47 bits per heavy atom. The van der Waals surface area contributed by atoms with E-state index in [1.54, 1.807) is 5.57 Å². The van der Waals surface area contributed by atoms with Gasteiger partial charge in [-0.05, 0) is 105 Å². The second-order valence-corrected chi connectivity index (χ2v) is 13.7. The fourth-order valence-electron chi connectivity index (χ4n) is 9.45. The summed E-state index contributed by atoms with van der Waals surface area (Å²) in [7, 11) is 0. The number of aliphatic hydroxyl groups is 2. The second kappa shape index (κ2) is 7.82. The molecule has 5 aliphatic rings. The van der Waals surface area contributed by atoms with Gasteiger partial charge in [-0.25, -0.2) is 0 Å². The van der Waals surface area contributed by atoms with Gasteiger partial charge in [0.05, 0.1) is 24.9 Å². The summed E-state index contributed by atoms with van der Waals surface area (Å²) in [5.41, 5.74) is 1.97. The molecule has 0 amide bonds. The van der Waals surface area contributed by atoms with Gasteiger partial charge in [-0.15, -0.1) is 0 Å². The van der Waals surface area contributed by atoms with Crippen molar-refractivity contribution in [3.63, 3.8) is 0 Å². The number of ether oxygens (including phenoxy) is 1. The van der Waals surface area contributed by atoms with E-state index in [0.29, 0.717) is 22.7 Å². The Hall–Kier alpha value is -0.380. The molecule has 182 valence electrons. The molecule has 9 atom stereocenters. The van der Waals surface area contributed by atoms with Crippen LogP contribution >= 0.6 is 0 Å². The minimum atomic E-state index is -0.465. The van der Waals surface area contributed by atoms with Crippen LogP contribution in [0.2, 0.25) is 0 Å². The number of fused-ring (bicyclic) bond motifs is 5. The highest BCUT2D eigenvalue weighted by Gasteiger charge is 2.60. The molecule has 1 saturated heterocycles. The number of hydrogen-bond acceptors (Lipinski definition) is 3. The SMILES string of the molecule is CC[C@]1(O)CC[C@@]2(C)C(=CC[C@H]3[C@@H]4CC[C@H](C(C)C(O)CC5(C)COC5)[C@@]4(C)CC[C@@H]32)C1. The highest BCUT2D eigenvalue weighted by Crippen LogP contribution is 2.68. The van der Waals surface area contributed by atoms with Gasteiger partial charge < -0.3 is 14.9 Å². The van der Waals surface area contributed by atoms with Crippen molar-refractivity contribution in [2.75, 3.05) is 13.2 Å². The van der Waals surface area contributed by atoms with E-state index >= 15 is 0 Å². The number of rotatable bonds is 5. The van der Waals surface area contributed by atoms with E-state index < -0.39 is 5.60 Å². The highest BCUT2D eigenvalue weighted by atomic mass is 16.5. The summed E-state index contributed by atoms with van der Waals surface area (Å²) < 4.78 is 5.45. The van der Waals surface area contributed by atoms with Gasteiger partial charge >= 0.3 is 0 Å². The maximum Gasteiger partial charge on any atom is 0.0682 e. The first-order valence-electron chi connectivity index (χ1n) is 13.7. The van der Waals surface area contributed by atoms with E-state index in [0.717, 1.165) is 63.1 Å². The zero-order valence-electron chi connectivity index (χ0n) is 21.3. The number of allylic oxidation sites excluding steroid dienone is 1. The largest absolute Gasteiger partial charge is 0.393 e. The smallest absolute Gasteiger partial charge is 0.0682 e. The highest BCUT2D eigenvalue weighted by molar-refractivity contribution is 5.27. The Bertz CT molecular complexity index is 756. The molecule has 0 bridgehead atoms. The first kappa shape index (κ1) is 23.4. The third-order valence-electron chi connectivity index (χ3n) is 11.8. The summed E-state index contributed by atoms with van der Waals surface area (Å²) in [6.45, 7) is 13.5. The van der Waals surface area contributed by atoms with Crippen LogP contribution in [0.15, 0.2) is 11.6 Å². The van der Waals surface area contributed by atoms with Crippen LogP contribution in [0.4, 0.5) is 0 Å². The van der Waals surface area contributed by atoms with Gasteiger partial charge in [0, 0.05) is 5.41 Å². The van der Waals surface area contributed by atoms with Crippen LogP contribution in [0.1, 0.15) is 98.8 Å². The number of aliphatic hydroxyl groups excluding tert-OH is 1. The standard InChI is InChI=1S/C29H48O3/c1-6-29(31)14-13-27(4)20(15-29)7-8-21-23-10-9-22(28(23,5)12-11-24(21)27)19(2)25(30)16-26(3)17-32-18-26/h7,19,21-25,30-31H,6,8-18H2,1-5H3/t19?,21-,22+,23-,24-,25?,27-,28+,29-/m0/s1. The van der Waals surface area contributed by atoms with Crippen LogP contribution in [0, 0.1) is 45.8 Å². The molecule has 3 nitrogen and oxygen atoms in total. The van der Waals surface area contributed by atoms with Gasteiger partial charge in [0.1, 0.15) is 0 Å². The normalized spacial score (nSPS) is 49.2. The third-order valence-corrected chi connectivity index (χ3v) is 11.8. The van der Waals surface area contributed by atoms with Crippen molar-refractivity contribution in [2.45, 2.75) is 111 Å². The van der Waals surface area contributed by atoms with Crippen molar-refractivity contribution in [2.24, 2.45) is 45.8 Å². The minimum Gasteiger partial charge on any atom is -0.393 e. The molecule has 2 N–H and O–H groups in total. The van der Waals surface area contributed by atoms with Crippen LogP contribution in [0.5, 0.6) is 0 Å². The van der Waals surface area contributed by atoms with Gasteiger partial charge in [0.25, 0.3) is 0 Å². The van der Waals surface area contributed by atoms with Crippen LogP contribution in [-0.2, 0) is 4.74 Å². The zero-order chi connectivity index (χ0) is 22.9. The molecule has 4 fully saturated rings. The van der Waals surface area contributed by atoms with Crippen molar-refractivity contribution >= 4 is 0 Å². The lowest BCUT2D eigenvalue weighted by atomic mass is 9.46. The van der Waals surface area contributed by atoms with E-state index in [2.05, 4.69) is 40.7 Å². The summed E-state index contributed by atoms with van der Waals surface area (Å²) in [4.78, 5) is 0. The van der Waals surface area contributed by atoms with Crippen LogP contribution in [0.3, 0.4) is 0 Å². The molecular weight excluding hydrogens is 396 g/mol. The summed E-state index contributed by atoms with van der Waals surface area (Å²) in [5, 5.41) is 22.2. The predicted octanol–water partition coefficient (Wildman–Crippen LogP) is 6.13. The maximum atomic E-state index is 11.2. The molecule has 5 rings (SSSR count). The lowest BCUT2D eigenvalue weighted by molar-refractivity contribution is -0.133. The van der Waals surface area contributed by atoms with Crippen LogP contribution in [-0.4, -0.2) is 35.1 Å². The number of hydrogen-bond donors (Lipinski definition) is 2. The van der Waals surface area contributed by atoms with Crippen molar-refractivity contribution in [3.8, 4) is 0 Å². The fourth-order valence-corrected chi connectivity index (χ4v) is 9.45. The Balaban J connectivity index is 1.34. The quantitative estimate of drug-likeness (QED) is 0.502. The Morgan fingerprint density at radius 2 is 1.81 bits per heavy atom. The Labute approximate surface area is 196 Å².